The highest BCUT2D eigenvalue weighted by atomic mass is 32.2. The van der Waals surface area contributed by atoms with Gasteiger partial charge in [0, 0.05) is 29.5 Å². The number of ether oxygens (including phenoxy) is 1. The summed E-state index contributed by atoms with van der Waals surface area (Å²) in [6.07, 6.45) is 0.327. The van der Waals surface area contributed by atoms with Gasteiger partial charge in [-0.15, -0.1) is 11.8 Å². The van der Waals surface area contributed by atoms with Gasteiger partial charge >= 0.3 is 12.1 Å². The van der Waals surface area contributed by atoms with Crippen LogP contribution >= 0.6 is 11.8 Å². The van der Waals surface area contributed by atoms with Crippen molar-refractivity contribution in [3.05, 3.63) is 71.5 Å². The van der Waals surface area contributed by atoms with Crippen LogP contribution < -0.4 is 4.74 Å². The van der Waals surface area contributed by atoms with Gasteiger partial charge in [-0.05, 0) is 73.7 Å². The summed E-state index contributed by atoms with van der Waals surface area (Å²) in [7, 11) is 0. The van der Waals surface area contributed by atoms with Crippen LogP contribution in [-0.2, 0) is 23.8 Å². The fraction of sp³-hybridized carbons (Fsp3) is 0.346. The Morgan fingerprint density at radius 3 is 2.51 bits per heavy atom. The van der Waals surface area contributed by atoms with Gasteiger partial charge < -0.3 is 9.84 Å². The number of hydrogen-bond donors (Lipinski definition) is 1. The van der Waals surface area contributed by atoms with Gasteiger partial charge in [0.15, 0.2) is 5.82 Å². The van der Waals surface area contributed by atoms with Gasteiger partial charge in [-0.1, -0.05) is 13.0 Å². The van der Waals surface area contributed by atoms with Crippen LogP contribution in [0.5, 0.6) is 5.75 Å². The molecule has 0 aliphatic rings. The predicted octanol–water partition coefficient (Wildman–Crippen LogP) is 6.69. The number of benzene rings is 2. The zero-order valence-electron chi connectivity index (χ0n) is 19.5. The molecule has 1 atom stereocenters. The predicted molar refractivity (Wildman–Crippen MR) is 130 cm³/mol. The van der Waals surface area contributed by atoms with Crippen molar-refractivity contribution in [1.82, 2.24) is 9.97 Å². The standard InChI is InChI=1S/C26H27F3N2O3S/c1-3-18-15-21(8-5-19(18)6-10-24(32)33)35-14-11-17(2)34-23-9-7-20(26(27,28)29)16-22(23)25-30-12-4-13-31-25/h4-5,7-9,12-13,15-17H,3,6,10-11,14H2,1-2H3,(H,32,33)/t17-/m1/s1. The lowest BCUT2D eigenvalue weighted by Crippen LogP contribution is -2.14. The molecule has 3 rings (SSSR count). The molecule has 0 spiro atoms. The Hall–Kier alpha value is -3.07. The van der Waals surface area contributed by atoms with E-state index in [-0.39, 0.29) is 23.9 Å². The topological polar surface area (TPSA) is 72.3 Å². The SMILES string of the molecule is CCc1cc(SCC[C@@H](C)Oc2ccc(C(F)(F)F)cc2-c2ncccn2)ccc1CCC(=O)O. The third-order valence-corrected chi connectivity index (χ3v) is 6.43. The number of hydrogen-bond acceptors (Lipinski definition) is 5. The number of rotatable bonds is 11. The number of carboxylic acids is 1. The first-order valence-corrected chi connectivity index (χ1v) is 12.3. The molecule has 2 aromatic carbocycles. The molecular formula is C26H27F3N2O3S. The molecule has 0 saturated carbocycles. The molecule has 5 nitrogen and oxygen atoms in total. The third-order valence-electron chi connectivity index (χ3n) is 5.40. The summed E-state index contributed by atoms with van der Waals surface area (Å²) in [5, 5.41) is 8.92. The molecule has 0 amide bonds. The fourth-order valence-corrected chi connectivity index (χ4v) is 4.62. The highest BCUT2D eigenvalue weighted by Crippen LogP contribution is 2.36. The molecular weight excluding hydrogens is 477 g/mol. The van der Waals surface area contributed by atoms with Crippen molar-refractivity contribution >= 4 is 17.7 Å². The van der Waals surface area contributed by atoms with Gasteiger partial charge in [0.05, 0.1) is 17.2 Å². The maximum absolute atomic E-state index is 13.3. The molecule has 0 radical (unpaired) electrons. The van der Waals surface area contributed by atoms with Crippen LogP contribution in [0.2, 0.25) is 0 Å². The van der Waals surface area contributed by atoms with Gasteiger partial charge in [0.1, 0.15) is 5.75 Å². The third kappa shape index (κ3) is 7.71. The average molecular weight is 505 g/mol. The average Bonchev–Trinajstić information content (AvgIpc) is 2.83. The highest BCUT2D eigenvalue weighted by Gasteiger charge is 2.31. The lowest BCUT2D eigenvalue weighted by atomic mass is 10.0. The second-order valence-electron chi connectivity index (χ2n) is 8.02. The van der Waals surface area contributed by atoms with Gasteiger partial charge in [0.2, 0.25) is 0 Å². The van der Waals surface area contributed by atoms with Crippen molar-refractivity contribution in [2.75, 3.05) is 5.75 Å². The van der Waals surface area contributed by atoms with Gasteiger partial charge in [-0.2, -0.15) is 13.2 Å². The second kappa shape index (κ2) is 12.1. The number of carbonyl (C=O) groups is 1. The lowest BCUT2D eigenvalue weighted by molar-refractivity contribution is -0.138. The van der Waals surface area contributed by atoms with Crippen LogP contribution in [0, 0.1) is 0 Å². The van der Waals surface area contributed by atoms with Gasteiger partial charge in [-0.3, -0.25) is 4.79 Å². The normalized spacial score (nSPS) is 12.4. The molecule has 1 aromatic heterocycles. The summed E-state index contributed by atoms with van der Waals surface area (Å²) in [5.74, 6) is 0.411. The maximum atomic E-state index is 13.3. The number of carboxylic acid groups (broad SMARTS) is 1. The number of aryl methyl sites for hydroxylation is 2. The van der Waals surface area contributed by atoms with Crippen LogP contribution in [0.25, 0.3) is 11.4 Å². The van der Waals surface area contributed by atoms with Crippen LogP contribution in [0.4, 0.5) is 13.2 Å². The zero-order valence-corrected chi connectivity index (χ0v) is 20.3. The van der Waals surface area contributed by atoms with Crippen LogP contribution in [0.1, 0.15) is 43.4 Å². The molecule has 186 valence electrons. The Morgan fingerprint density at radius 1 is 1.11 bits per heavy atom. The summed E-state index contributed by atoms with van der Waals surface area (Å²) < 4.78 is 45.8. The second-order valence-corrected chi connectivity index (χ2v) is 9.19. The van der Waals surface area contributed by atoms with Crippen molar-refractivity contribution < 1.29 is 27.8 Å². The first kappa shape index (κ1) is 26.5. The van der Waals surface area contributed by atoms with Crippen LogP contribution in [0.15, 0.2) is 59.8 Å². The number of halogens is 3. The Kier molecular flexibility index (Phi) is 9.14. The smallest absolute Gasteiger partial charge is 0.416 e. The fourth-order valence-electron chi connectivity index (χ4n) is 3.55. The van der Waals surface area contributed by atoms with Crippen molar-refractivity contribution in [2.24, 2.45) is 0 Å². The molecule has 35 heavy (non-hydrogen) atoms. The molecule has 9 heteroatoms. The van der Waals surface area contributed by atoms with E-state index in [0.29, 0.717) is 18.6 Å². The largest absolute Gasteiger partial charge is 0.490 e. The lowest BCUT2D eigenvalue weighted by Gasteiger charge is -2.18. The van der Waals surface area contributed by atoms with Crippen molar-refractivity contribution in [3.8, 4) is 17.1 Å². The van der Waals surface area contributed by atoms with E-state index in [1.807, 2.05) is 26.0 Å². The number of alkyl halides is 3. The van der Waals surface area contributed by atoms with Gasteiger partial charge in [0.25, 0.3) is 0 Å². The summed E-state index contributed by atoms with van der Waals surface area (Å²) in [6, 6.07) is 11.0. The minimum Gasteiger partial charge on any atom is -0.490 e. The van der Waals surface area contributed by atoms with E-state index in [4.69, 9.17) is 9.84 Å². The molecule has 0 unspecified atom stereocenters. The van der Waals surface area contributed by atoms with E-state index in [2.05, 4.69) is 16.0 Å². The Balaban J connectivity index is 1.65. The Bertz CT molecular complexity index is 1140. The minimum absolute atomic E-state index is 0.105. The van der Waals surface area contributed by atoms with E-state index >= 15 is 0 Å². The molecule has 0 saturated heterocycles. The molecule has 0 bridgehead atoms. The van der Waals surface area contributed by atoms with E-state index in [1.165, 1.54) is 18.5 Å². The van der Waals surface area contributed by atoms with Gasteiger partial charge in [-0.25, -0.2) is 9.97 Å². The number of aliphatic carboxylic acids is 1. The van der Waals surface area contributed by atoms with Crippen molar-refractivity contribution in [2.45, 2.75) is 56.7 Å². The monoisotopic (exact) mass is 504 g/mol. The Labute approximate surface area is 206 Å². The van der Waals surface area contributed by atoms with E-state index < -0.39 is 17.7 Å². The molecule has 1 N–H and O–H groups in total. The zero-order chi connectivity index (χ0) is 25.4. The van der Waals surface area contributed by atoms with Crippen molar-refractivity contribution in [3.63, 3.8) is 0 Å². The van der Waals surface area contributed by atoms with E-state index in [1.54, 1.807) is 17.8 Å². The number of aromatic nitrogens is 2. The first-order valence-electron chi connectivity index (χ1n) is 11.3. The van der Waals surface area contributed by atoms with E-state index in [0.717, 1.165) is 40.3 Å². The molecule has 3 aromatic rings. The molecule has 0 aliphatic carbocycles. The summed E-state index contributed by atoms with van der Waals surface area (Å²) in [4.78, 5) is 20.1. The minimum atomic E-state index is -4.48. The van der Waals surface area contributed by atoms with Crippen LogP contribution in [-0.4, -0.2) is 32.9 Å². The molecule has 0 aliphatic heterocycles. The Morgan fingerprint density at radius 2 is 1.86 bits per heavy atom. The molecule has 1 heterocycles. The first-order chi connectivity index (χ1) is 16.7. The highest BCUT2D eigenvalue weighted by molar-refractivity contribution is 7.99. The van der Waals surface area contributed by atoms with Crippen molar-refractivity contribution in [1.29, 1.82) is 0 Å². The number of nitrogens with zero attached hydrogens (tertiary/aromatic N) is 2. The number of thioether (sulfide) groups is 1. The molecule has 0 fully saturated rings. The van der Waals surface area contributed by atoms with Crippen LogP contribution in [0.3, 0.4) is 0 Å². The summed E-state index contributed by atoms with van der Waals surface area (Å²) in [5.41, 5.74) is 1.60. The summed E-state index contributed by atoms with van der Waals surface area (Å²) in [6.45, 7) is 3.92. The summed E-state index contributed by atoms with van der Waals surface area (Å²) >= 11 is 1.66. The quantitative estimate of drug-likeness (QED) is 0.293. The maximum Gasteiger partial charge on any atom is 0.416 e. The van der Waals surface area contributed by atoms with E-state index in [9.17, 15) is 18.0 Å².